The molecule has 14 nitrogen and oxygen atoms in total. The summed E-state index contributed by atoms with van der Waals surface area (Å²) in [4.78, 5) is 0. The van der Waals surface area contributed by atoms with Crippen LogP contribution in [0, 0.1) is 0 Å². The van der Waals surface area contributed by atoms with Crippen LogP contribution in [0.2, 0.25) is 0 Å². The highest BCUT2D eigenvalue weighted by Crippen LogP contribution is 2.37. The van der Waals surface area contributed by atoms with Crippen LogP contribution in [0.4, 0.5) is 0 Å². The molecule has 4 heterocycles. The molecule has 14 atom stereocenters. The number of hydrogen-bond acceptors (Lipinski definition) is 14. The molecule has 4 aliphatic rings. The van der Waals surface area contributed by atoms with Crippen LogP contribution in [0.25, 0.3) is 0 Å². The van der Waals surface area contributed by atoms with Gasteiger partial charge < -0.3 is 68.9 Å². The fraction of sp³-hybridized carbons (Fsp3) is 0.750. The first-order chi connectivity index (χ1) is 18.3. The highest BCUT2D eigenvalue weighted by Gasteiger charge is 2.56. The minimum absolute atomic E-state index is 0.234. The molecule has 0 aromatic heterocycles. The van der Waals surface area contributed by atoms with Crippen LogP contribution in [-0.2, 0) is 39.8 Å². The summed E-state index contributed by atoms with van der Waals surface area (Å²) in [6.07, 6.45) is -17.9. The molecular weight excluding hydrogens is 512 g/mol. The van der Waals surface area contributed by atoms with E-state index in [4.69, 9.17) is 33.2 Å². The van der Waals surface area contributed by atoms with Crippen LogP contribution in [0.5, 0.6) is 0 Å². The van der Waals surface area contributed by atoms with Crippen molar-refractivity contribution >= 4 is 0 Å². The van der Waals surface area contributed by atoms with Crippen LogP contribution < -0.4 is 0 Å². The zero-order valence-corrected chi connectivity index (χ0v) is 20.3. The molecule has 214 valence electrons. The molecule has 1 aromatic rings. The lowest BCUT2D eigenvalue weighted by atomic mass is 9.97. The molecule has 0 amide bonds. The van der Waals surface area contributed by atoms with E-state index in [1.165, 1.54) is 0 Å². The number of aliphatic hydroxyl groups is 7. The number of rotatable bonds is 9. The zero-order chi connectivity index (χ0) is 27.0. The van der Waals surface area contributed by atoms with Crippen molar-refractivity contribution in [3.63, 3.8) is 0 Å². The van der Waals surface area contributed by atoms with E-state index in [1.54, 1.807) is 0 Å². The largest absolute Gasteiger partial charge is 0.394 e. The Morgan fingerprint density at radius 2 is 1.32 bits per heavy atom. The molecular formula is C24H34O14. The number of hydrogen-bond donors (Lipinski definition) is 7. The Balaban J connectivity index is 1.24. The van der Waals surface area contributed by atoms with E-state index in [2.05, 4.69) is 0 Å². The molecule has 0 radical (unpaired) electrons. The fourth-order valence-corrected chi connectivity index (χ4v) is 5.08. The molecule has 14 heteroatoms. The maximum Gasteiger partial charge on any atom is 0.187 e. The van der Waals surface area contributed by atoms with Crippen molar-refractivity contribution in [2.45, 2.75) is 92.6 Å². The third-order valence-electron chi connectivity index (χ3n) is 7.23. The molecule has 0 unspecified atom stereocenters. The summed E-state index contributed by atoms with van der Waals surface area (Å²) in [7, 11) is 0. The Bertz CT molecular complexity index is 888. The second-order valence-corrected chi connectivity index (χ2v) is 9.74. The molecule has 0 saturated carbocycles. The van der Waals surface area contributed by atoms with Crippen LogP contribution in [0.1, 0.15) is 5.56 Å². The average molecular weight is 547 g/mol. The lowest BCUT2D eigenvalue weighted by Gasteiger charge is -2.46. The van der Waals surface area contributed by atoms with Gasteiger partial charge in [0, 0.05) is 0 Å². The minimum atomic E-state index is -1.75. The average Bonchev–Trinajstić information content (AvgIpc) is 3.54. The Labute approximate surface area is 217 Å². The predicted octanol–water partition coefficient (Wildman–Crippen LogP) is -3.66. The van der Waals surface area contributed by atoms with E-state index in [9.17, 15) is 35.7 Å². The molecule has 0 spiro atoms. The highest BCUT2D eigenvalue weighted by atomic mass is 16.8. The Kier molecular flexibility index (Phi) is 8.93. The first-order valence-electron chi connectivity index (χ1n) is 12.5. The van der Waals surface area contributed by atoms with Gasteiger partial charge in [-0.2, -0.15) is 0 Å². The second-order valence-electron chi connectivity index (χ2n) is 9.74. The summed E-state index contributed by atoms with van der Waals surface area (Å²) >= 11 is 0. The summed E-state index contributed by atoms with van der Waals surface area (Å²) in [6.45, 7) is -0.861. The van der Waals surface area contributed by atoms with Gasteiger partial charge in [0.25, 0.3) is 0 Å². The smallest absolute Gasteiger partial charge is 0.187 e. The van der Waals surface area contributed by atoms with Gasteiger partial charge in [-0.05, 0) is 5.56 Å². The number of benzene rings is 1. The molecule has 2 bridgehead atoms. The Hall–Kier alpha value is -1.34. The van der Waals surface area contributed by atoms with Gasteiger partial charge in [-0.15, -0.1) is 0 Å². The molecule has 38 heavy (non-hydrogen) atoms. The fourth-order valence-electron chi connectivity index (χ4n) is 5.08. The van der Waals surface area contributed by atoms with Gasteiger partial charge in [0.15, 0.2) is 18.9 Å². The first-order valence-corrected chi connectivity index (χ1v) is 12.5. The van der Waals surface area contributed by atoms with Crippen molar-refractivity contribution in [3.05, 3.63) is 35.9 Å². The standard InChI is InChI=1S/C24H34O14/c25-6-11-14(27)15(28)17(30)22(34-11)37-19-12(7-26)35-23(18(31)16(19)29)38-20-13-9-33-24(36-13)21(20)32-8-10-4-2-1-3-5-10/h1-5,11-31H,6-9H2/t11-,12-,13-,14+,15+,16-,17-,18-,19-,20-,21-,22+,23+,24-/m1/s1. The van der Waals surface area contributed by atoms with E-state index >= 15 is 0 Å². The van der Waals surface area contributed by atoms with Gasteiger partial charge in [0.05, 0.1) is 26.4 Å². The summed E-state index contributed by atoms with van der Waals surface area (Å²) < 4.78 is 40.0. The molecule has 0 aliphatic carbocycles. The van der Waals surface area contributed by atoms with Crippen molar-refractivity contribution in [2.24, 2.45) is 0 Å². The molecule has 4 aliphatic heterocycles. The molecule has 4 saturated heterocycles. The van der Waals surface area contributed by atoms with Crippen LogP contribution in [0.3, 0.4) is 0 Å². The summed E-state index contributed by atoms with van der Waals surface area (Å²) in [6, 6.07) is 9.45. The summed E-state index contributed by atoms with van der Waals surface area (Å²) in [5, 5.41) is 71.3. The number of ether oxygens (including phenoxy) is 7. The maximum absolute atomic E-state index is 10.9. The highest BCUT2D eigenvalue weighted by molar-refractivity contribution is 5.13. The lowest BCUT2D eigenvalue weighted by Crippen LogP contribution is -2.65. The van der Waals surface area contributed by atoms with Crippen molar-refractivity contribution in [2.75, 3.05) is 19.8 Å². The molecule has 5 rings (SSSR count). The van der Waals surface area contributed by atoms with E-state index < -0.39 is 99.2 Å². The number of fused-ring (bicyclic) bond motifs is 2. The van der Waals surface area contributed by atoms with E-state index in [0.29, 0.717) is 0 Å². The molecule has 4 fully saturated rings. The second kappa shape index (κ2) is 12.0. The van der Waals surface area contributed by atoms with Gasteiger partial charge in [0.1, 0.15) is 67.1 Å². The molecule has 7 N–H and O–H groups in total. The molecule has 1 aromatic carbocycles. The minimum Gasteiger partial charge on any atom is -0.394 e. The zero-order valence-electron chi connectivity index (χ0n) is 20.3. The van der Waals surface area contributed by atoms with Gasteiger partial charge in [-0.1, -0.05) is 30.3 Å². The maximum atomic E-state index is 10.9. The van der Waals surface area contributed by atoms with Gasteiger partial charge >= 0.3 is 0 Å². The van der Waals surface area contributed by atoms with E-state index in [-0.39, 0.29) is 13.2 Å². The SMILES string of the molecule is OC[C@H]1O[C@@H](O[C@H]2[C@H](O)[C@@H](O)[C@H](O[C@H]3[C@@H](OCc4ccccc4)[C@@H]4OC[C@H]3O4)O[C@@H]2CO)[C@H](O)[C@@H](O)[C@H]1O. The third kappa shape index (κ3) is 5.48. The third-order valence-corrected chi connectivity index (χ3v) is 7.23. The lowest BCUT2D eigenvalue weighted by molar-refractivity contribution is -0.366. The van der Waals surface area contributed by atoms with Crippen molar-refractivity contribution in [1.82, 2.24) is 0 Å². The quantitative estimate of drug-likeness (QED) is 0.159. The monoisotopic (exact) mass is 546 g/mol. The van der Waals surface area contributed by atoms with Crippen LogP contribution in [-0.4, -0.2) is 142 Å². The normalized spacial score (nSPS) is 46.9. The first kappa shape index (κ1) is 28.2. The van der Waals surface area contributed by atoms with Crippen LogP contribution in [0.15, 0.2) is 30.3 Å². The number of aliphatic hydroxyl groups excluding tert-OH is 7. The van der Waals surface area contributed by atoms with Crippen molar-refractivity contribution in [3.8, 4) is 0 Å². The van der Waals surface area contributed by atoms with Crippen LogP contribution >= 0.6 is 0 Å². The Morgan fingerprint density at radius 3 is 2.00 bits per heavy atom. The van der Waals surface area contributed by atoms with E-state index in [0.717, 1.165) is 5.56 Å². The van der Waals surface area contributed by atoms with E-state index in [1.807, 2.05) is 30.3 Å². The van der Waals surface area contributed by atoms with Gasteiger partial charge in [0.2, 0.25) is 0 Å². The summed E-state index contributed by atoms with van der Waals surface area (Å²) in [5.74, 6) is 0. The predicted molar refractivity (Wildman–Crippen MR) is 121 cm³/mol. The van der Waals surface area contributed by atoms with Crippen molar-refractivity contribution in [1.29, 1.82) is 0 Å². The Morgan fingerprint density at radius 1 is 0.684 bits per heavy atom. The van der Waals surface area contributed by atoms with Crippen molar-refractivity contribution < 1.29 is 68.9 Å². The van der Waals surface area contributed by atoms with Gasteiger partial charge in [-0.25, -0.2) is 0 Å². The van der Waals surface area contributed by atoms with Gasteiger partial charge in [-0.3, -0.25) is 0 Å². The topological polar surface area (TPSA) is 206 Å². The summed E-state index contributed by atoms with van der Waals surface area (Å²) in [5.41, 5.74) is 0.923.